The lowest BCUT2D eigenvalue weighted by Crippen LogP contribution is -2.30. The van der Waals surface area contributed by atoms with E-state index in [-0.39, 0.29) is 35.2 Å². The van der Waals surface area contributed by atoms with Gasteiger partial charge in [-0.25, -0.2) is 0 Å². The van der Waals surface area contributed by atoms with Crippen molar-refractivity contribution in [2.45, 2.75) is 19.8 Å². The minimum atomic E-state index is -0.922. The van der Waals surface area contributed by atoms with Gasteiger partial charge in [0, 0.05) is 24.6 Å². The van der Waals surface area contributed by atoms with Gasteiger partial charge >= 0.3 is 5.97 Å². The molecule has 0 aliphatic heterocycles. The van der Waals surface area contributed by atoms with E-state index < -0.39 is 16.8 Å². The van der Waals surface area contributed by atoms with Gasteiger partial charge in [0.05, 0.1) is 4.92 Å². The molecule has 0 heterocycles. The molecule has 0 bridgehead atoms. The van der Waals surface area contributed by atoms with Gasteiger partial charge in [-0.05, 0) is 18.1 Å². The third-order valence-corrected chi connectivity index (χ3v) is 3.30. The lowest BCUT2D eigenvalue weighted by Gasteiger charge is -2.13. The molecule has 1 rings (SSSR count). The number of nitro benzene ring substituents is 1. The summed E-state index contributed by atoms with van der Waals surface area (Å²) in [6.07, 6.45) is 0.589. The van der Waals surface area contributed by atoms with Crippen molar-refractivity contribution in [3.63, 3.8) is 0 Å². The lowest BCUT2D eigenvalue weighted by atomic mass is 10.0. The highest BCUT2D eigenvalue weighted by molar-refractivity contribution is 6.33. The molecule has 7 nitrogen and oxygen atoms in total. The van der Waals surface area contributed by atoms with Crippen molar-refractivity contribution in [1.29, 1.82) is 0 Å². The Bertz CT molecular complexity index is 561. The van der Waals surface area contributed by atoms with Crippen LogP contribution in [0.25, 0.3) is 0 Å². The van der Waals surface area contributed by atoms with Gasteiger partial charge in [-0.2, -0.15) is 0 Å². The van der Waals surface area contributed by atoms with Gasteiger partial charge in [0.15, 0.2) is 0 Å². The first-order valence-corrected chi connectivity index (χ1v) is 6.66. The molecular formula is C13H15ClN2O5. The molecule has 8 heteroatoms. The maximum Gasteiger partial charge on any atom is 0.303 e. The second-order valence-electron chi connectivity index (χ2n) is 4.51. The molecule has 1 amide bonds. The van der Waals surface area contributed by atoms with E-state index in [9.17, 15) is 19.7 Å². The number of carboxylic acid groups (broad SMARTS) is 1. The first-order chi connectivity index (χ1) is 9.85. The molecule has 2 N–H and O–H groups in total. The zero-order valence-corrected chi connectivity index (χ0v) is 12.1. The van der Waals surface area contributed by atoms with Crippen molar-refractivity contribution >= 4 is 29.2 Å². The molecular weight excluding hydrogens is 300 g/mol. The molecule has 0 aliphatic carbocycles. The Kier molecular flexibility index (Phi) is 6.10. The summed E-state index contributed by atoms with van der Waals surface area (Å²) in [5.74, 6) is -1.54. The van der Waals surface area contributed by atoms with E-state index in [2.05, 4.69) is 5.32 Å². The lowest BCUT2D eigenvalue weighted by molar-refractivity contribution is -0.384. The third-order valence-electron chi connectivity index (χ3n) is 3.00. The number of nitro groups is 1. The number of nitrogens with zero attached hydrogens (tertiary/aromatic N) is 1. The van der Waals surface area contributed by atoms with Crippen LogP contribution >= 0.6 is 11.6 Å². The van der Waals surface area contributed by atoms with E-state index >= 15 is 0 Å². The predicted octanol–water partition coefficient (Wildman–Crippen LogP) is 2.48. The molecule has 1 unspecified atom stereocenters. The maximum absolute atomic E-state index is 11.9. The second-order valence-corrected chi connectivity index (χ2v) is 4.91. The standard InChI is InChI=1S/C13H15ClN2O5/c1-2-8(5-12(17)18)7-15-13(19)9-3-4-11(16(20)21)10(14)6-9/h3-4,6,8H,2,5,7H2,1H3,(H,15,19)(H,17,18). The Morgan fingerprint density at radius 2 is 2.14 bits per heavy atom. The van der Waals surface area contributed by atoms with Crippen molar-refractivity contribution in [2.24, 2.45) is 5.92 Å². The quantitative estimate of drug-likeness (QED) is 0.593. The summed E-state index contributed by atoms with van der Waals surface area (Å²) in [6, 6.07) is 3.68. The second kappa shape index (κ2) is 7.58. The average Bonchev–Trinajstić information content (AvgIpc) is 2.42. The number of benzene rings is 1. The highest BCUT2D eigenvalue weighted by atomic mass is 35.5. The summed E-state index contributed by atoms with van der Waals surface area (Å²) in [7, 11) is 0. The van der Waals surface area contributed by atoms with E-state index in [1.807, 2.05) is 6.92 Å². The molecule has 0 saturated carbocycles. The highest BCUT2D eigenvalue weighted by Crippen LogP contribution is 2.24. The minimum absolute atomic E-state index is 0.0300. The van der Waals surface area contributed by atoms with Crippen LogP contribution in [0.5, 0.6) is 0 Å². The van der Waals surface area contributed by atoms with Gasteiger partial charge in [-0.15, -0.1) is 0 Å². The topological polar surface area (TPSA) is 110 Å². The van der Waals surface area contributed by atoms with Gasteiger partial charge < -0.3 is 10.4 Å². The van der Waals surface area contributed by atoms with Crippen LogP contribution < -0.4 is 5.32 Å². The van der Waals surface area contributed by atoms with Crippen molar-refractivity contribution in [3.05, 3.63) is 38.9 Å². The zero-order chi connectivity index (χ0) is 16.0. The van der Waals surface area contributed by atoms with Crippen LogP contribution in [0, 0.1) is 16.0 Å². The Hall–Kier alpha value is -2.15. The summed E-state index contributed by atoms with van der Waals surface area (Å²) in [6.45, 7) is 2.05. The van der Waals surface area contributed by atoms with E-state index in [0.29, 0.717) is 6.42 Å². The zero-order valence-electron chi connectivity index (χ0n) is 11.3. The van der Waals surface area contributed by atoms with E-state index in [0.717, 1.165) is 6.07 Å². The first kappa shape index (κ1) is 16.9. The molecule has 1 atom stereocenters. The molecule has 0 radical (unpaired) electrons. The third kappa shape index (κ3) is 5.03. The summed E-state index contributed by atoms with van der Waals surface area (Å²) in [5.41, 5.74) is -0.0821. The highest BCUT2D eigenvalue weighted by Gasteiger charge is 2.17. The van der Waals surface area contributed by atoms with E-state index in [4.69, 9.17) is 16.7 Å². The summed E-state index contributed by atoms with van der Waals surface area (Å²) >= 11 is 5.73. The van der Waals surface area contributed by atoms with Crippen LogP contribution in [-0.4, -0.2) is 28.5 Å². The molecule has 114 valence electrons. The van der Waals surface area contributed by atoms with Crippen LogP contribution in [0.3, 0.4) is 0 Å². The summed E-state index contributed by atoms with van der Waals surface area (Å²) in [5, 5.41) is 21.8. The maximum atomic E-state index is 11.9. The average molecular weight is 315 g/mol. The Morgan fingerprint density at radius 1 is 1.48 bits per heavy atom. The number of hydrogen-bond acceptors (Lipinski definition) is 4. The van der Waals surface area contributed by atoms with Crippen LogP contribution in [0.4, 0.5) is 5.69 Å². The van der Waals surface area contributed by atoms with Crippen molar-refractivity contribution in [3.8, 4) is 0 Å². The molecule has 0 aromatic heterocycles. The van der Waals surface area contributed by atoms with Crippen molar-refractivity contribution in [2.75, 3.05) is 6.54 Å². The van der Waals surface area contributed by atoms with Crippen LogP contribution in [-0.2, 0) is 4.79 Å². The Labute approximate surface area is 126 Å². The van der Waals surface area contributed by atoms with Crippen LogP contribution in [0.15, 0.2) is 18.2 Å². The SMILES string of the molecule is CCC(CNC(=O)c1ccc([N+](=O)[O-])c(Cl)c1)CC(=O)O. The Balaban J connectivity index is 2.69. The number of rotatable bonds is 7. The smallest absolute Gasteiger partial charge is 0.303 e. The number of halogens is 1. The largest absolute Gasteiger partial charge is 0.481 e. The minimum Gasteiger partial charge on any atom is -0.481 e. The fraction of sp³-hybridized carbons (Fsp3) is 0.385. The van der Waals surface area contributed by atoms with E-state index in [1.165, 1.54) is 12.1 Å². The molecule has 1 aromatic carbocycles. The molecule has 0 aliphatic rings. The number of carbonyl (C=O) groups excluding carboxylic acids is 1. The Morgan fingerprint density at radius 3 is 2.62 bits per heavy atom. The fourth-order valence-electron chi connectivity index (χ4n) is 1.74. The molecule has 0 saturated heterocycles. The number of carbonyl (C=O) groups is 2. The fourth-order valence-corrected chi connectivity index (χ4v) is 1.99. The van der Waals surface area contributed by atoms with Gasteiger partial charge in [-0.1, -0.05) is 24.9 Å². The first-order valence-electron chi connectivity index (χ1n) is 6.29. The summed E-state index contributed by atoms with van der Waals surface area (Å²) < 4.78 is 0. The monoisotopic (exact) mass is 314 g/mol. The normalized spacial score (nSPS) is 11.7. The van der Waals surface area contributed by atoms with Gasteiger partial charge in [0.25, 0.3) is 11.6 Å². The van der Waals surface area contributed by atoms with Gasteiger partial charge in [0.1, 0.15) is 5.02 Å². The molecule has 21 heavy (non-hydrogen) atoms. The molecule has 0 fully saturated rings. The predicted molar refractivity (Wildman–Crippen MR) is 76.5 cm³/mol. The van der Waals surface area contributed by atoms with Gasteiger partial charge in [0.2, 0.25) is 0 Å². The number of nitrogens with one attached hydrogen (secondary N) is 1. The number of amides is 1. The van der Waals surface area contributed by atoms with Crippen molar-refractivity contribution in [1.82, 2.24) is 5.32 Å². The van der Waals surface area contributed by atoms with Crippen molar-refractivity contribution < 1.29 is 19.6 Å². The van der Waals surface area contributed by atoms with Crippen LogP contribution in [0.2, 0.25) is 5.02 Å². The number of hydrogen-bond donors (Lipinski definition) is 2. The van der Waals surface area contributed by atoms with E-state index in [1.54, 1.807) is 0 Å². The van der Waals surface area contributed by atoms with Gasteiger partial charge in [-0.3, -0.25) is 19.7 Å². The number of carboxylic acids is 1. The number of aliphatic carboxylic acids is 1. The van der Waals surface area contributed by atoms with Crippen LogP contribution in [0.1, 0.15) is 30.1 Å². The molecule has 1 aromatic rings. The summed E-state index contributed by atoms with van der Waals surface area (Å²) in [4.78, 5) is 32.5. The molecule has 0 spiro atoms.